The fourth-order valence-electron chi connectivity index (χ4n) is 2.21. The van der Waals surface area contributed by atoms with Gasteiger partial charge in [0, 0.05) is 24.4 Å². The van der Waals surface area contributed by atoms with Crippen LogP contribution >= 0.6 is 0 Å². The zero-order chi connectivity index (χ0) is 15.2. The first kappa shape index (κ1) is 15.0. The zero-order valence-electron chi connectivity index (χ0n) is 12.9. The maximum absolute atomic E-state index is 5.35. The second-order valence-corrected chi connectivity index (χ2v) is 4.76. The van der Waals surface area contributed by atoms with Crippen molar-refractivity contribution in [2.75, 3.05) is 26.6 Å². The van der Waals surface area contributed by atoms with Gasteiger partial charge in [0.05, 0.1) is 21.3 Å². The van der Waals surface area contributed by atoms with Gasteiger partial charge in [0.15, 0.2) is 11.5 Å². The highest BCUT2D eigenvalue weighted by Gasteiger charge is 2.12. The van der Waals surface area contributed by atoms with E-state index in [1.54, 1.807) is 21.3 Å². The standard InChI is InChI=1S/C17H21NO3/c1-12-6-5-7-13(8-12)11-18-14-9-15(19-2)17(21-4)16(10-14)20-3/h5-10,18H,11H2,1-4H3. The normalized spacial score (nSPS) is 10.1. The fraction of sp³-hybridized carbons (Fsp3) is 0.294. The van der Waals surface area contributed by atoms with Gasteiger partial charge in [-0.25, -0.2) is 0 Å². The van der Waals surface area contributed by atoms with E-state index in [2.05, 4.69) is 36.5 Å². The van der Waals surface area contributed by atoms with E-state index < -0.39 is 0 Å². The highest BCUT2D eigenvalue weighted by Crippen LogP contribution is 2.39. The van der Waals surface area contributed by atoms with Crippen LogP contribution in [0.15, 0.2) is 36.4 Å². The molecule has 0 radical (unpaired) electrons. The number of hydrogen-bond acceptors (Lipinski definition) is 4. The molecular formula is C17H21NO3. The Morgan fingerprint density at radius 2 is 1.57 bits per heavy atom. The van der Waals surface area contributed by atoms with Crippen LogP contribution in [0.2, 0.25) is 0 Å². The topological polar surface area (TPSA) is 39.7 Å². The third-order valence-electron chi connectivity index (χ3n) is 3.24. The van der Waals surface area contributed by atoms with Crippen molar-refractivity contribution >= 4 is 5.69 Å². The molecule has 0 saturated carbocycles. The number of methoxy groups -OCH3 is 3. The predicted molar refractivity (Wildman–Crippen MR) is 84.6 cm³/mol. The molecule has 0 aromatic heterocycles. The molecule has 0 aliphatic rings. The van der Waals surface area contributed by atoms with Crippen LogP contribution in [0.5, 0.6) is 17.2 Å². The summed E-state index contributed by atoms with van der Waals surface area (Å²) in [5, 5.41) is 3.37. The van der Waals surface area contributed by atoms with E-state index in [4.69, 9.17) is 14.2 Å². The molecule has 0 heterocycles. The van der Waals surface area contributed by atoms with Crippen molar-refractivity contribution < 1.29 is 14.2 Å². The SMILES string of the molecule is COc1cc(NCc2cccc(C)c2)cc(OC)c1OC. The molecule has 4 heteroatoms. The van der Waals surface area contributed by atoms with Crippen molar-refractivity contribution in [3.8, 4) is 17.2 Å². The molecule has 2 aromatic carbocycles. The van der Waals surface area contributed by atoms with Gasteiger partial charge in [0.1, 0.15) is 0 Å². The van der Waals surface area contributed by atoms with Crippen LogP contribution in [0.4, 0.5) is 5.69 Å². The molecule has 2 rings (SSSR count). The lowest BCUT2D eigenvalue weighted by molar-refractivity contribution is 0.324. The van der Waals surface area contributed by atoms with Gasteiger partial charge >= 0.3 is 0 Å². The lowest BCUT2D eigenvalue weighted by Gasteiger charge is -2.15. The van der Waals surface area contributed by atoms with Gasteiger partial charge in [0.25, 0.3) is 0 Å². The van der Waals surface area contributed by atoms with Crippen molar-refractivity contribution in [2.24, 2.45) is 0 Å². The van der Waals surface area contributed by atoms with Gasteiger partial charge < -0.3 is 19.5 Å². The van der Waals surface area contributed by atoms with E-state index in [1.165, 1.54) is 11.1 Å². The minimum absolute atomic E-state index is 0.598. The Hall–Kier alpha value is -2.36. The van der Waals surface area contributed by atoms with E-state index in [-0.39, 0.29) is 0 Å². The Balaban J connectivity index is 2.20. The molecule has 1 N–H and O–H groups in total. The van der Waals surface area contributed by atoms with E-state index in [0.717, 1.165) is 12.2 Å². The van der Waals surface area contributed by atoms with Gasteiger partial charge in [-0.2, -0.15) is 0 Å². The third kappa shape index (κ3) is 3.60. The number of ether oxygens (including phenoxy) is 3. The number of anilines is 1. The van der Waals surface area contributed by atoms with Crippen molar-refractivity contribution in [1.82, 2.24) is 0 Å². The van der Waals surface area contributed by atoms with E-state index in [1.807, 2.05) is 12.1 Å². The van der Waals surface area contributed by atoms with Gasteiger partial charge in [-0.3, -0.25) is 0 Å². The van der Waals surface area contributed by atoms with Gasteiger partial charge in [0.2, 0.25) is 5.75 Å². The van der Waals surface area contributed by atoms with Crippen LogP contribution in [-0.2, 0) is 6.54 Å². The maximum atomic E-state index is 5.35. The lowest BCUT2D eigenvalue weighted by atomic mass is 10.1. The molecule has 112 valence electrons. The number of benzene rings is 2. The minimum Gasteiger partial charge on any atom is -0.493 e. The predicted octanol–water partition coefficient (Wildman–Crippen LogP) is 3.63. The summed E-state index contributed by atoms with van der Waals surface area (Å²) in [6.07, 6.45) is 0. The van der Waals surface area contributed by atoms with Crippen molar-refractivity contribution in [3.63, 3.8) is 0 Å². The van der Waals surface area contributed by atoms with Crippen LogP contribution in [-0.4, -0.2) is 21.3 Å². The molecule has 21 heavy (non-hydrogen) atoms. The fourth-order valence-corrected chi connectivity index (χ4v) is 2.21. The van der Waals surface area contributed by atoms with Crippen LogP contribution in [0, 0.1) is 6.92 Å². The van der Waals surface area contributed by atoms with Crippen LogP contribution in [0.25, 0.3) is 0 Å². The first-order valence-corrected chi connectivity index (χ1v) is 6.77. The molecule has 0 atom stereocenters. The minimum atomic E-state index is 0.598. The molecule has 0 spiro atoms. The average Bonchev–Trinajstić information content (AvgIpc) is 2.51. The largest absolute Gasteiger partial charge is 0.493 e. The highest BCUT2D eigenvalue weighted by atomic mass is 16.5. The number of rotatable bonds is 6. The Kier molecular flexibility index (Phi) is 4.93. The summed E-state index contributed by atoms with van der Waals surface area (Å²) < 4.78 is 16.0. The van der Waals surface area contributed by atoms with E-state index in [9.17, 15) is 0 Å². The Morgan fingerprint density at radius 3 is 2.10 bits per heavy atom. The van der Waals surface area contributed by atoms with Gasteiger partial charge in [-0.1, -0.05) is 29.8 Å². The summed E-state index contributed by atoms with van der Waals surface area (Å²) >= 11 is 0. The van der Waals surface area contributed by atoms with E-state index in [0.29, 0.717) is 17.2 Å². The first-order valence-electron chi connectivity index (χ1n) is 6.77. The molecule has 0 fully saturated rings. The molecule has 0 unspecified atom stereocenters. The molecular weight excluding hydrogens is 266 g/mol. The van der Waals surface area contributed by atoms with Gasteiger partial charge in [-0.15, -0.1) is 0 Å². The second kappa shape index (κ2) is 6.88. The monoisotopic (exact) mass is 287 g/mol. The van der Waals surface area contributed by atoms with Gasteiger partial charge in [-0.05, 0) is 12.5 Å². The Bertz CT molecular complexity index is 586. The third-order valence-corrected chi connectivity index (χ3v) is 3.24. The number of hydrogen-bond donors (Lipinski definition) is 1. The summed E-state index contributed by atoms with van der Waals surface area (Å²) in [4.78, 5) is 0. The number of aryl methyl sites for hydroxylation is 1. The van der Waals surface area contributed by atoms with Crippen molar-refractivity contribution in [2.45, 2.75) is 13.5 Å². The quantitative estimate of drug-likeness (QED) is 0.880. The average molecular weight is 287 g/mol. The first-order chi connectivity index (χ1) is 10.2. The summed E-state index contributed by atoms with van der Waals surface area (Å²) in [5.74, 6) is 1.88. The molecule has 0 bridgehead atoms. The molecule has 2 aromatic rings. The summed E-state index contributed by atoms with van der Waals surface area (Å²) in [7, 11) is 4.82. The van der Waals surface area contributed by atoms with E-state index >= 15 is 0 Å². The highest BCUT2D eigenvalue weighted by molar-refractivity contribution is 5.62. The van der Waals surface area contributed by atoms with Crippen LogP contribution in [0.1, 0.15) is 11.1 Å². The molecule has 0 saturated heterocycles. The zero-order valence-corrected chi connectivity index (χ0v) is 12.9. The summed E-state index contributed by atoms with van der Waals surface area (Å²) in [6, 6.07) is 12.2. The van der Waals surface area contributed by atoms with Crippen molar-refractivity contribution in [1.29, 1.82) is 0 Å². The van der Waals surface area contributed by atoms with Crippen LogP contribution < -0.4 is 19.5 Å². The smallest absolute Gasteiger partial charge is 0.203 e. The summed E-state index contributed by atoms with van der Waals surface area (Å²) in [6.45, 7) is 2.82. The Morgan fingerprint density at radius 1 is 0.905 bits per heavy atom. The summed E-state index contributed by atoms with van der Waals surface area (Å²) in [5.41, 5.74) is 3.40. The molecule has 0 aliphatic carbocycles. The molecule has 0 amide bonds. The molecule has 4 nitrogen and oxygen atoms in total. The van der Waals surface area contributed by atoms with Crippen LogP contribution in [0.3, 0.4) is 0 Å². The number of nitrogens with one attached hydrogen (secondary N) is 1. The molecule has 0 aliphatic heterocycles. The Labute approximate surface area is 125 Å². The lowest BCUT2D eigenvalue weighted by Crippen LogP contribution is -2.02. The van der Waals surface area contributed by atoms with Crippen molar-refractivity contribution in [3.05, 3.63) is 47.5 Å². The maximum Gasteiger partial charge on any atom is 0.203 e. The second-order valence-electron chi connectivity index (χ2n) is 4.76.